The topological polar surface area (TPSA) is 88.2 Å². The molecule has 7 rings (SSSR count). The molecule has 0 saturated carbocycles. The summed E-state index contributed by atoms with van der Waals surface area (Å²) in [5.41, 5.74) is 6.28. The number of anilines is 2. The zero-order chi connectivity index (χ0) is 33.4. The molecule has 0 unspecified atom stereocenters. The molecule has 1 fully saturated rings. The van der Waals surface area contributed by atoms with Gasteiger partial charge in [-0.25, -0.2) is 9.69 Å². The van der Waals surface area contributed by atoms with Crippen LogP contribution in [0.25, 0.3) is 6.08 Å². The van der Waals surface area contributed by atoms with Gasteiger partial charge in [0.05, 0.1) is 17.8 Å². The van der Waals surface area contributed by atoms with Gasteiger partial charge in [0.2, 0.25) is 0 Å². The number of rotatable bonds is 8. The molecule has 4 aromatic rings. The van der Waals surface area contributed by atoms with Crippen LogP contribution in [0.5, 0.6) is 11.5 Å². The molecule has 3 heterocycles. The summed E-state index contributed by atoms with van der Waals surface area (Å²) in [7, 11) is 1.47. The maximum atomic E-state index is 14.2. The Labute approximate surface area is 284 Å². The molecular formula is C39H34ClN3O5. The Balaban J connectivity index is 1.35. The largest absolute Gasteiger partial charge is 0.493 e. The Morgan fingerprint density at radius 2 is 1.50 bits per heavy atom. The number of imide groups is 2. The molecule has 4 aromatic carbocycles. The SMILES string of the molecule is C=CCOc1c(Cl)cc(/C=C2\C(=O)NC(=O)N(c3cc4c5c(c3)[C@@H](c3ccccc3)CCN5CC[C@@H]4c3ccccc3)C2=O)cc1OC. The van der Waals surface area contributed by atoms with Crippen molar-refractivity contribution in [3.63, 3.8) is 0 Å². The van der Waals surface area contributed by atoms with E-state index in [4.69, 9.17) is 21.1 Å². The second-order valence-corrected chi connectivity index (χ2v) is 12.5. The zero-order valence-corrected chi connectivity index (χ0v) is 27.2. The molecule has 0 aromatic heterocycles. The Kier molecular flexibility index (Phi) is 8.50. The molecule has 8 nitrogen and oxygen atoms in total. The number of barbiturate groups is 1. The van der Waals surface area contributed by atoms with Crippen LogP contribution in [0.3, 0.4) is 0 Å². The predicted octanol–water partition coefficient (Wildman–Crippen LogP) is 7.46. The minimum atomic E-state index is -0.797. The molecule has 4 amide bonds. The van der Waals surface area contributed by atoms with Crippen LogP contribution in [0, 0.1) is 0 Å². The number of benzene rings is 4. The number of hydrogen-bond acceptors (Lipinski definition) is 6. The van der Waals surface area contributed by atoms with E-state index in [9.17, 15) is 14.4 Å². The van der Waals surface area contributed by atoms with Crippen LogP contribution in [0.15, 0.2) is 103 Å². The highest BCUT2D eigenvalue weighted by molar-refractivity contribution is 6.39. The van der Waals surface area contributed by atoms with Crippen molar-refractivity contribution >= 4 is 46.9 Å². The van der Waals surface area contributed by atoms with Gasteiger partial charge in [-0.05, 0) is 71.0 Å². The Morgan fingerprint density at radius 3 is 2.06 bits per heavy atom. The van der Waals surface area contributed by atoms with Crippen LogP contribution in [-0.2, 0) is 9.59 Å². The Morgan fingerprint density at radius 1 is 0.896 bits per heavy atom. The highest BCUT2D eigenvalue weighted by Gasteiger charge is 2.40. The summed E-state index contributed by atoms with van der Waals surface area (Å²) in [6.07, 6.45) is 4.79. The third kappa shape index (κ3) is 5.62. The molecule has 0 bridgehead atoms. The van der Waals surface area contributed by atoms with Gasteiger partial charge in [0, 0.05) is 30.6 Å². The molecule has 1 saturated heterocycles. The molecule has 0 spiro atoms. The van der Waals surface area contributed by atoms with Crippen LogP contribution in [0.4, 0.5) is 16.2 Å². The van der Waals surface area contributed by atoms with E-state index in [0.717, 1.165) is 47.6 Å². The van der Waals surface area contributed by atoms with E-state index in [1.807, 2.05) is 48.5 Å². The molecule has 2 atom stereocenters. The van der Waals surface area contributed by atoms with Gasteiger partial charge in [-0.3, -0.25) is 14.9 Å². The third-order valence-electron chi connectivity index (χ3n) is 9.27. The average molecular weight is 660 g/mol. The summed E-state index contributed by atoms with van der Waals surface area (Å²) in [5.74, 6) is -0.740. The predicted molar refractivity (Wildman–Crippen MR) is 187 cm³/mol. The number of ether oxygens (including phenoxy) is 2. The van der Waals surface area contributed by atoms with Crippen LogP contribution >= 0.6 is 11.6 Å². The van der Waals surface area contributed by atoms with Crippen LogP contribution in [-0.4, -0.2) is 44.7 Å². The van der Waals surface area contributed by atoms with E-state index in [2.05, 4.69) is 41.1 Å². The van der Waals surface area contributed by atoms with Crippen molar-refractivity contribution < 1.29 is 23.9 Å². The first-order chi connectivity index (χ1) is 23.4. The molecule has 242 valence electrons. The fourth-order valence-electron chi connectivity index (χ4n) is 7.13. The second kappa shape index (κ2) is 13.0. The molecule has 0 radical (unpaired) electrons. The lowest BCUT2D eigenvalue weighted by Gasteiger charge is -2.44. The van der Waals surface area contributed by atoms with Crippen molar-refractivity contribution in [2.45, 2.75) is 24.7 Å². The first-order valence-electron chi connectivity index (χ1n) is 15.9. The summed E-state index contributed by atoms with van der Waals surface area (Å²) >= 11 is 6.51. The molecule has 3 aliphatic heterocycles. The van der Waals surface area contributed by atoms with Gasteiger partial charge < -0.3 is 14.4 Å². The van der Waals surface area contributed by atoms with Crippen molar-refractivity contribution in [3.8, 4) is 11.5 Å². The number of amides is 4. The highest BCUT2D eigenvalue weighted by Crippen LogP contribution is 2.50. The fourth-order valence-corrected chi connectivity index (χ4v) is 7.41. The molecule has 9 heteroatoms. The maximum absolute atomic E-state index is 14.2. The van der Waals surface area contributed by atoms with Gasteiger partial charge in [-0.2, -0.15) is 0 Å². The van der Waals surface area contributed by atoms with E-state index >= 15 is 0 Å². The number of nitrogens with one attached hydrogen (secondary N) is 1. The van der Waals surface area contributed by atoms with Gasteiger partial charge in [-0.1, -0.05) is 84.9 Å². The molecule has 3 aliphatic rings. The number of urea groups is 1. The number of methoxy groups -OCH3 is 1. The second-order valence-electron chi connectivity index (χ2n) is 12.1. The summed E-state index contributed by atoms with van der Waals surface area (Å²) in [5, 5.41) is 2.62. The van der Waals surface area contributed by atoms with Crippen LogP contribution in [0.2, 0.25) is 5.02 Å². The number of halogens is 1. The van der Waals surface area contributed by atoms with E-state index < -0.39 is 17.8 Å². The van der Waals surface area contributed by atoms with E-state index in [-0.39, 0.29) is 29.0 Å². The van der Waals surface area contributed by atoms with Gasteiger partial charge in [-0.15, -0.1) is 0 Å². The van der Waals surface area contributed by atoms with E-state index in [1.165, 1.54) is 24.3 Å². The first-order valence-corrected chi connectivity index (χ1v) is 16.3. The summed E-state index contributed by atoms with van der Waals surface area (Å²) < 4.78 is 11.1. The van der Waals surface area contributed by atoms with Crippen molar-refractivity contribution in [2.24, 2.45) is 0 Å². The Hall–Kier alpha value is -5.34. The average Bonchev–Trinajstić information content (AvgIpc) is 3.10. The molecule has 48 heavy (non-hydrogen) atoms. The number of hydrogen-bond donors (Lipinski definition) is 1. The number of nitrogens with zero attached hydrogens (tertiary/aromatic N) is 2. The normalized spacial score (nSPS) is 19.5. The van der Waals surface area contributed by atoms with Crippen molar-refractivity contribution in [1.82, 2.24) is 5.32 Å². The minimum Gasteiger partial charge on any atom is -0.493 e. The maximum Gasteiger partial charge on any atom is 0.335 e. The first kappa shape index (κ1) is 31.3. The van der Waals surface area contributed by atoms with Crippen molar-refractivity contribution in [3.05, 3.63) is 136 Å². The highest BCUT2D eigenvalue weighted by atomic mass is 35.5. The van der Waals surface area contributed by atoms with Crippen molar-refractivity contribution in [1.29, 1.82) is 0 Å². The van der Waals surface area contributed by atoms with Gasteiger partial charge in [0.15, 0.2) is 11.5 Å². The fraction of sp³-hybridized carbons (Fsp3) is 0.205. The lowest BCUT2D eigenvalue weighted by atomic mass is 9.76. The van der Waals surface area contributed by atoms with Gasteiger partial charge in [0.1, 0.15) is 12.2 Å². The van der Waals surface area contributed by atoms with E-state index in [1.54, 1.807) is 18.2 Å². The standard InChI is InChI=1S/C39H34ClN3O5/c1-3-18-48-36-33(40)20-24(21-34(36)47-2)19-32-37(44)41-39(46)43(38(32)45)27-22-30-28(25-10-6-4-7-11-25)14-16-42-17-15-29(31(23-27)35(30)42)26-12-8-5-9-13-26/h3-13,19-23,28-29H,1,14-18H2,2H3,(H,41,44,46)/b32-19+/t28-,29-/m1/s1. The third-order valence-corrected chi connectivity index (χ3v) is 9.55. The summed E-state index contributed by atoms with van der Waals surface area (Å²) in [6.45, 7) is 5.69. The molecule has 0 aliphatic carbocycles. The van der Waals surface area contributed by atoms with Crippen LogP contribution in [0.1, 0.15) is 52.5 Å². The monoisotopic (exact) mass is 659 g/mol. The van der Waals surface area contributed by atoms with Crippen LogP contribution < -0.4 is 24.6 Å². The number of carbonyl (C=O) groups excluding carboxylic acids is 3. The smallest absolute Gasteiger partial charge is 0.335 e. The lowest BCUT2D eigenvalue weighted by Crippen LogP contribution is -2.54. The van der Waals surface area contributed by atoms with E-state index in [0.29, 0.717) is 22.7 Å². The molecule has 1 N–H and O–H groups in total. The quantitative estimate of drug-likeness (QED) is 0.120. The van der Waals surface area contributed by atoms with Gasteiger partial charge >= 0.3 is 6.03 Å². The van der Waals surface area contributed by atoms with Gasteiger partial charge in [0.25, 0.3) is 11.8 Å². The zero-order valence-electron chi connectivity index (χ0n) is 26.4. The molecular weight excluding hydrogens is 626 g/mol. The number of carbonyl (C=O) groups is 3. The Bertz CT molecular complexity index is 1890. The summed E-state index contributed by atoms with van der Waals surface area (Å²) in [6, 6.07) is 27.0. The van der Waals surface area contributed by atoms with Crippen molar-refractivity contribution in [2.75, 3.05) is 36.6 Å². The lowest BCUT2D eigenvalue weighted by molar-refractivity contribution is -0.122. The summed E-state index contributed by atoms with van der Waals surface area (Å²) in [4.78, 5) is 44.4. The minimum absolute atomic E-state index is 0.0710.